The molecule has 90 valence electrons. The lowest BCUT2D eigenvalue weighted by Crippen LogP contribution is -2.48. The molecular weight excluding hydrogens is 238 g/mol. The third kappa shape index (κ3) is 1.65. The average Bonchev–Trinajstić information content (AvgIpc) is 2.81. The van der Waals surface area contributed by atoms with Gasteiger partial charge in [-0.2, -0.15) is 4.98 Å². The molecule has 1 aromatic carbocycles. The molecule has 0 aliphatic carbocycles. The van der Waals surface area contributed by atoms with Crippen molar-refractivity contribution in [3.63, 3.8) is 0 Å². The number of nitrogens with zero attached hydrogens (tertiary/aromatic N) is 3. The van der Waals surface area contributed by atoms with Gasteiger partial charge in [0.25, 0.3) is 5.13 Å². The number of fused-ring (bicyclic) bond motifs is 1. The number of quaternary nitrogens is 1. The van der Waals surface area contributed by atoms with Gasteiger partial charge in [-0.25, -0.2) is 0 Å². The molecule has 2 aromatic rings. The van der Waals surface area contributed by atoms with Crippen LogP contribution >= 0.6 is 11.3 Å². The molecule has 1 aromatic heterocycles. The Kier molecular flexibility index (Phi) is 2.42. The highest BCUT2D eigenvalue weighted by Gasteiger charge is 2.41. The molecule has 0 radical (unpaired) electrons. The molecule has 0 bridgehead atoms. The van der Waals surface area contributed by atoms with Crippen molar-refractivity contribution >= 4 is 26.7 Å². The van der Waals surface area contributed by atoms with Gasteiger partial charge in [0.1, 0.15) is 6.67 Å². The summed E-state index contributed by atoms with van der Waals surface area (Å²) in [5.41, 5.74) is 0.822. The van der Waals surface area contributed by atoms with Gasteiger partial charge in [-0.3, -0.25) is 9.55 Å². The minimum Gasteiger partial charge on any atom is -0.623 e. The summed E-state index contributed by atoms with van der Waals surface area (Å²) in [7, 11) is 1.83. The van der Waals surface area contributed by atoms with Crippen LogP contribution in [0.1, 0.15) is 0 Å². The van der Waals surface area contributed by atoms with E-state index in [4.69, 9.17) is 0 Å². The van der Waals surface area contributed by atoms with Crippen molar-refractivity contribution in [2.24, 2.45) is 0 Å². The Balaban J connectivity index is 2.09. The molecule has 1 N–H and O–H groups in total. The van der Waals surface area contributed by atoms with Crippen LogP contribution in [0.25, 0.3) is 10.2 Å². The van der Waals surface area contributed by atoms with E-state index in [0.29, 0.717) is 11.7 Å². The summed E-state index contributed by atoms with van der Waals surface area (Å²) >= 11 is 1.36. The third-order valence-corrected chi connectivity index (χ3v) is 4.16. The number of aliphatic hydroxyl groups excluding tert-OH is 1. The maximum Gasteiger partial charge on any atom is 0.290 e. The highest BCUT2D eigenvalue weighted by Crippen LogP contribution is 2.36. The number of likely N-dealkylation sites (N-methyl/N-ethyl adjacent to an activating group) is 1. The van der Waals surface area contributed by atoms with Gasteiger partial charge in [0.05, 0.1) is 16.8 Å². The number of aromatic nitrogens is 1. The lowest BCUT2D eigenvalue weighted by atomic mass is 10.3. The molecule has 0 saturated carbocycles. The number of rotatable bonds is 1. The van der Waals surface area contributed by atoms with Crippen molar-refractivity contribution in [1.29, 1.82) is 0 Å². The zero-order valence-electron chi connectivity index (χ0n) is 9.41. The zero-order valence-corrected chi connectivity index (χ0v) is 10.2. The maximum absolute atomic E-state index is 12.6. The predicted octanol–water partition coefficient (Wildman–Crippen LogP) is 1.32. The van der Waals surface area contributed by atoms with Crippen molar-refractivity contribution in [2.75, 3.05) is 20.3 Å². The van der Waals surface area contributed by atoms with E-state index in [9.17, 15) is 10.3 Å². The largest absolute Gasteiger partial charge is 0.623 e. The highest BCUT2D eigenvalue weighted by atomic mass is 32.1. The van der Waals surface area contributed by atoms with Crippen LogP contribution in [0, 0.1) is 5.21 Å². The summed E-state index contributed by atoms with van der Waals surface area (Å²) in [5, 5.41) is 22.9. The number of hydrogen-bond donors (Lipinski definition) is 1. The van der Waals surface area contributed by atoms with Crippen molar-refractivity contribution in [2.45, 2.75) is 6.23 Å². The molecule has 1 aliphatic rings. The Morgan fingerprint density at radius 2 is 2.29 bits per heavy atom. The van der Waals surface area contributed by atoms with Crippen LogP contribution < -0.4 is 4.65 Å². The van der Waals surface area contributed by atoms with Crippen molar-refractivity contribution < 1.29 is 5.11 Å². The lowest BCUT2D eigenvalue weighted by molar-refractivity contribution is 0.0849. The Morgan fingerprint density at radius 3 is 2.94 bits per heavy atom. The fourth-order valence-electron chi connectivity index (χ4n) is 2.13. The smallest absolute Gasteiger partial charge is 0.290 e. The third-order valence-electron chi connectivity index (χ3n) is 3.01. The Hall–Kier alpha value is -1.05. The van der Waals surface area contributed by atoms with E-state index >= 15 is 0 Å². The van der Waals surface area contributed by atoms with Crippen LogP contribution in [0.4, 0.5) is 5.13 Å². The van der Waals surface area contributed by atoms with Crippen LogP contribution in [0.2, 0.25) is 0 Å². The van der Waals surface area contributed by atoms with Crippen LogP contribution in [-0.4, -0.2) is 41.5 Å². The van der Waals surface area contributed by atoms with E-state index in [2.05, 4.69) is 4.98 Å². The molecule has 1 saturated heterocycles. The number of para-hydroxylation sites is 1. The summed E-state index contributed by atoms with van der Waals surface area (Å²) in [6, 6.07) is 7.64. The first kappa shape index (κ1) is 11.1. The molecule has 0 amide bonds. The molecule has 2 unspecified atom stereocenters. The first-order valence-corrected chi connectivity index (χ1v) is 6.23. The lowest BCUT2D eigenvalue weighted by Gasteiger charge is -2.36. The minimum atomic E-state index is -0.944. The highest BCUT2D eigenvalue weighted by molar-refractivity contribution is 7.22. The van der Waals surface area contributed by atoms with Crippen molar-refractivity contribution in [3.05, 3.63) is 29.5 Å². The van der Waals surface area contributed by atoms with Gasteiger partial charge in [-0.05, 0) is 19.2 Å². The quantitative estimate of drug-likeness (QED) is 0.613. The van der Waals surface area contributed by atoms with E-state index in [1.165, 1.54) is 11.3 Å². The first-order chi connectivity index (χ1) is 8.09. The second-order valence-corrected chi connectivity index (χ2v) is 5.43. The Morgan fingerprint density at radius 1 is 1.53 bits per heavy atom. The van der Waals surface area contributed by atoms with Gasteiger partial charge >= 0.3 is 0 Å². The molecule has 2 atom stereocenters. The predicted molar refractivity (Wildman–Crippen MR) is 68.3 cm³/mol. The van der Waals surface area contributed by atoms with Gasteiger partial charge in [-0.15, -0.1) is 0 Å². The normalized spacial score (nSPS) is 30.2. The monoisotopic (exact) mass is 251 g/mol. The van der Waals surface area contributed by atoms with Crippen molar-refractivity contribution in [1.82, 2.24) is 14.5 Å². The van der Waals surface area contributed by atoms with Crippen molar-refractivity contribution in [3.8, 4) is 0 Å². The first-order valence-electron chi connectivity index (χ1n) is 5.41. The maximum atomic E-state index is 12.6. The molecule has 6 heteroatoms. The standard InChI is InChI=1S/C11H13N3O2S/c1-13-6-10(15)14(16,7-13)11-12-8-4-2-3-5-9(8)17-11/h2-5,10,15H,6-7H2,1H3. The molecule has 2 heterocycles. The number of thiazole rings is 1. The van der Waals surface area contributed by atoms with Crippen LogP contribution in [-0.2, 0) is 0 Å². The van der Waals surface area contributed by atoms with Gasteiger partial charge in [0.2, 0.25) is 6.23 Å². The van der Waals surface area contributed by atoms with E-state index in [-0.39, 0.29) is 6.67 Å². The molecule has 0 spiro atoms. The summed E-state index contributed by atoms with van der Waals surface area (Å²) in [5.74, 6) is 0. The van der Waals surface area contributed by atoms with Gasteiger partial charge < -0.3 is 10.3 Å². The summed E-state index contributed by atoms with van der Waals surface area (Å²) < 4.78 is 0.230. The van der Waals surface area contributed by atoms with Crippen LogP contribution in [0.3, 0.4) is 0 Å². The number of hydrogen-bond acceptors (Lipinski definition) is 5. The van der Waals surface area contributed by atoms with Gasteiger partial charge in [-0.1, -0.05) is 23.5 Å². The number of hydroxylamine groups is 2. The average molecular weight is 251 g/mol. The molecular formula is C11H13N3O2S. The topological polar surface area (TPSA) is 59.4 Å². The van der Waals surface area contributed by atoms with E-state index in [1.807, 2.05) is 36.2 Å². The zero-order chi connectivity index (χ0) is 12.0. The number of β-amino-alcohol motifs (C(OH)–C–C–N with tert-alkyl or cyclic N) is 1. The number of aliphatic hydroxyl groups is 1. The summed E-state index contributed by atoms with van der Waals surface area (Å²) in [4.78, 5) is 6.17. The molecule has 1 aliphatic heterocycles. The summed E-state index contributed by atoms with van der Waals surface area (Å²) in [6.07, 6.45) is -0.944. The fourth-order valence-corrected chi connectivity index (χ4v) is 3.17. The Bertz CT molecular complexity index is 525. The second-order valence-electron chi connectivity index (χ2n) is 4.42. The van der Waals surface area contributed by atoms with Gasteiger partial charge in [0.15, 0.2) is 0 Å². The van der Waals surface area contributed by atoms with E-state index in [1.54, 1.807) is 0 Å². The molecule has 3 rings (SSSR count). The van der Waals surface area contributed by atoms with Crippen LogP contribution in [0.5, 0.6) is 0 Å². The summed E-state index contributed by atoms with van der Waals surface area (Å²) in [6.45, 7) is 0.639. The second kappa shape index (κ2) is 3.72. The fraction of sp³-hybridized carbons (Fsp3) is 0.364. The van der Waals surface area contributed by atoms with Gasteiger partial charge in [0, 0.05) is 0 Å². The Labute approximate surface area is 103 Å². The van der Waals surface area contributed by atoms with E-state index < -0.39 is 10.9 Å². The SMILES string of the molecule is CN1CC(O)[N+]([O-])(c2nc3ccccc3s2)C1. The molecule has 1 fully saturated rings. The minimum absolute atomic E-state index is 0.251. The molecule has 17 heavy (non-hydrogen) atoms. The number of benzene rings is 1. The van der Waals surface area contributed by atoms with Crippen LogP contribution in [0.15, 0.2) is 24.3 Å². The molecule has 5 nitrogen and oxygen atoms in total. The van der Waals surface area contributed by atoms with E-state index in [0.717, 1.165) is 10.2 Å².